The van der Waals surface area contributed by atoms with Crippen LogP contribution in [0.25, 0.3) is 0 Å². The number of hydrogen-bond acceptors (Lipinski definition) is 4. The van der Waals surface area contributed by atoms with Crippen molar-refractivity contribution in [1.82, 2.24) is 0 Å². The van der Waals surface area contributed by atoms with E-state index in [-0.39, 0.29) is 18.0 Å². The minimum atomic E-state index is -0.417. The number of nitrogens with zero attached hydrogens (tertiary/aromatic N) is 2. The van der Waals surface area contributed by atoms with Gasteiger partial charge in [-0.2, -0.15) is 0 Å². The second-order valence-corrected chi connectivity index (χ2v) is 4.79. The molecule has 1 saturated heterocycles. The molecule has 1 aromatic carbocycles. The Morgan fingerprint density at radius 3 is 2.95 bits per heavy atom. The molecule has 19 heavy (non-hydrogen) atoms. The zero-order chi connectivity index (χ0) is 14.0. The molecule has 0 saturated carbocycles. The van der Waals surface area contributed by atoms with Gasteiger partial charge in [0, 0.05) is 23.8 Å². The lowest BCUT2D eigenvalue weighted by molar-refractivity contribution is 0.0343. The standard InChI is InChI=1S/C13H18FN3O2/c1-8-7-19-9(2)6-17(8)12-4-3-10(14)5-11(12)13(15)16-18/h3-5,8-9,18H,6-7H2,1-2H3,(H2,15,16). The van der Waals surface area contributed by atoms with E-state index in [0.29, 0.717) is 18.7 Å². The number of oxime groups is 1. The summed E-state index contributed by atoms with van der Waals surface area (Å²) in [5.74, 6) is -0.514. The number of benzene rings is 1. The van der Waals surface area contributed by atoms with Crippen LogP contribution in [0.15, 0.2) is 23.4 Å². The summed E-state index contributed by atoms with van der Waals surface area (Å²) in [5, 5.41) is 11.8. The molecule has 6 heteroatoms. The number of nitrogens with two attached hydrogens (primary N) is 1. The Bertz CT molecular complexity index is 493. The maximum atomic E-state index is 13.3. The topological polar surface area (TPSA) is 71.1 Å². The molecule has 0 amide bonds. The zero-order valence-corrected chi connectivity index (χ0v) is 11.0. The summed E-state index contributed by atoms with van der Waals surface area (Å²) >= 11 is 0. The van der Waals surface area contributed by atoms with Gasteiger partial charge in [-0.3, -0.25) is 0 Å². The van der Waals surface area contributed by atoms with Gasteiger partial charge in [0.15, 0.2) is 5.84 Å². The van der Waals surface area contributed by atoms with Gasteiger partial charge in [-0.25, -0.2) is 4.39 Å². The highest BCUT2D eigenvalue weighted by Crippen LogP contribution is 2.26. The average molecular weight is 267 g/mol. The van der Waals surface area contributed by atoms with E-state index in [0.717, 1.165) is 5.69 Å². The van der Waals surface area contributed by atoms with Crippen molar-refractivity contribution in [3.63, 3.8) is 0 Å². The maximum Gasteiger partial charge on any atom is 0.172 e. The van der Waals surface area contributed by atoms with E-state index in [4.69, 9.17) is 15.7 Å². The molecule has 3 N–H and O–H groups in total. The highest BCUT2D eigenvalue weighted by Gasteiger charge is 2.26. The lowest BCUT2D eigenvalue weighted by Gasteiger charge is -2.39. The van der Waals surface area contributed by atoms with Crippen molar-refractivity contribution >= 4 is 11.5 Å². The van der Waals surface area contributed by atoms with E-state index < -0.39 is 5.82 Å². The van der Waals surface area contributed by atoms with E-state index >= 15 is 0 Å². The third-order valence-electron chi connectivity index (χ3n) is 3.26. The van der Waals surface area contributed by atoms with Crippen molar-refractivity contribution in [2.24, 2.45) is 10.9 Å². The van der Waals surface area contributed by atoms with E-state index in [2.05, 4.69) is 10.1 Å². The van der Waals surface area contributed by atoms with Crippen LogP contribution in [0.1, 0.15) is 19.4 Å². The van der Waals surface area contributed by atoms with Crippen molar-refractivity contribution in [2.75, 3.05) is 18.1 Å². The van der Waals surface area contributed by atoms with Crippen LogP contribution in [0, 0.1) is 5.82 Å². The van der Waals surface area contributed by atoms with Crippen LogP contribution in [-0.4, -0.2) is 36.3 Å². The zero-order valence-electron chi connectivity index (χ0n) is 11.0. The lowest BCUT2D eigenvalue weighted by Crippen LogP contribution is -2.48. The van der Waals surface area contributed by atoms with Crippen LogP contribution >= 0.6 is 0 Å². The van der Waals surface area contributed by atoms with Gasteiger partial charge in [-0.1, -0.05) is 5.16 Å². The predicted octanol–water partition coefficient (Wildman–Crippen LogP) is 1.53. The summed E-state index contributed by atoms with van der Waals surface area (Å²) in [4.78, 5) is 2.08. The normalized spacial score (nSPS) is 24.6. The van der Waals surface area contributed by atoms with Crippen LogP contribution in [0.2, 0.25) is 0 Å². The molecule has 104 valence electrons. The average Bonchev–Trinajstić information content (AvgIpc) is 2.41. The van der Waals surface area contributed by atoms with E-state index in [9.17, 15) is 4.39 Å². The molecule has 2 unspecified atom stereocenters. The molecule has 0 aromatic heterocycles. The predicted molar refractivity (Wildman–Crippen MR) is 71.1 cm³/mol. The Balaban J connectivity index is 2.43. The molecule has 1 aliphatic rings. The first kappa shape index (κ1) is 13.6. The molecule has 0 bridgehead atoms. The summed E-state index contributed by atoms with van der Waals surface area (Å²) in [7, 11) is 0. The van der Waals surface area contributed by atoms with Gasteiger partial charge in [-0.15, -0.1) is 0 Å². The van der Waals surface area contributed by atoms with Gasteiger partial charge < -0.3 is 20.6 Å². The Labute approximate surface area is 111 Å². The Morgan fingerprint density at radius 2 is 2.26 bits per heavy atom. The Hall–Kier alpha value is -1.82. The first-order valence-electron chi connectivity index (χ1n) is 6.18. The van der Waals surface area contributed by atoms with E-state index in [1.807, 2.05) is 13.8 Å². The summed E-state index contributed by atoms with van der Waals surface area (Å²) < 4.78 is 18.9. The van der Waals surface area contributed by atoms with Crippen molar-refractivity contribution < 1.29 is 14.3 Å². The quantitative estimate of drug-likeness (QED) is 0.369. The molecule has 0 spiro atoms. The second kappa shape index (κ2) is 5.44. The van der Waals surface area contributed by atoms with Gasteiger partial charge >= 0.3 is 0 Å². The van der Waals surface area contributed by atoms with Crippen LogP contribution in [-0.2, 0) is 4.74 Å². The first-order valence-corrected chi connectivity index (χ1v) is 6.18. The maximum absolute atomic E-state index is 13.3. The van der Waals surface area contributed by atoms with Gasteiger partial charge in [0.25, 0.3) is 0 Å². The van der Waals surface area contributed by atoms with Crippen LogP contribution in [0.3, 0.4) is 0 Å². The molecular formula is C13H18FN3O2. The summed E-state index contributed by atoms with van der Waals surface area (Å²) in [5.41, 5.74) is 6.77. The third kappa shape index (κ3) is 2.78. The van der Waals surface area contributed by atoms with Gasteiger partial charge in [0.1, 0.15) is 5.82 Å². The molecule has 1 aromatic rings. The highest BCUT2D eigenvalue weighted by molar-refractivity contribution is 6.02. The lowest BCUT2D eigenvalue weighted by atomic mass is 10.1. The number of rotatable bonds is 2. The Kier molecular flexibility index (Phi) is 3.90. The molecular weight excluding hydrogens is 249 g/mol. The van der Waals surface area contributed by atoms with E-state index in [1.54, 1.807) is 6.07 Å². The molecule has 1 fully saturated rings. The minimum absolute atomic E-state index is 0.0846. The molecule has 1 aliphatic heterocycles. The Morgan fingerprint density at radius 1 is 1.53 bits per heavy atom. The third-order valence-corrected chi connectivity index (χ3v) is 3.26. The highest BCUT2D eigenvalue weighted by atomic mass is 19.1. The fraction of sp³-hybridized carbons (Fsp3) is 0.462. The molecule has 0 aliphatic carbocycles. The van der Waals surface area contributed by atoms with Crippen molar-refractivity contribution in [1.29, 1.82) is 0 Å². The molecule has 2 atom stereocenters. The summed E-state index contributed by atoms with van der Waals surface area (Å²) in [6.07, 6.45) is 0.0846. The fourth-order valence-corrected chi connectivity index (χ4v) is 2.26. The molecule has 5 nitrogen and oxygen atoms in total. The van der Waals surface area contributed by atoms with Gasteiger partial charge in [0.05, 0.1) is 12.7 Å². The van der Waals surface area contributed by atoms with Gasteiger partial charge in [0.2, 0.25) is 0 Å². The fourth-order valence-electron chi connectivity index (χ4n) is 2.26. The summed E-state index contributed by atoms with van der Waals surface area (Å²) in [6, 6.07) is 4.44. The van der Waals surface area contributed by atoms with Crippen molar-refractivity contribution in [2.45, 2.75) is 26.0 Å². The number of hydrogen-bond donors (Lipinski definition) is 2. The second-order valence-electron chi connectivity index (χ2n) is 4.79. The monoisotopic (exact) mass is 267 g/mol. The smallest absolute Gasteiger partial charge is 0.172 e. The van der Waals surface area contributed by atoms with Crippen LogP contribution < -0.4 is 10.6 Å². The number of ether oxygens (including phenoxy) is 1. The number of halogens is 1. The van der Waals surface area contributed by atoms with Crippen LogP contribution in [0.4, 0.5) is 10.1 Å². The van der Waals surface area contributed by atoms with Crippen molar-refractivity contribution in [3.05, 3.63) is 29.6 Å². The minimum Gasteiger partial charge on any atom is -0.409 e. The van der Waals surface area contributed by atoms with Crippen LogP contribution in [0.5, 0.6) is 0 Å². The largest absolute Gasteiger partial charge is 0.409 e. The summed E-state index contributed by atoms with van der Waals surface area (Å²) in [6.45, 7) is 5.27. The first-order chi connectivity index (χ1) is 9.02. The van der Waals surface area contributed by atoms with Crippen molar-refractivity contribution in [3.8, 4) is 0 Å². The van der Waals surface area contributed by atoms with Gasteiger partial charge in [-0.05, 0) is 32.0 Å². The molecule has 1 heterocycles. The number of morpholine rings is 1. The number of anilines is 1. The SMILES string of the molecule is CC1CN(c2ccc(F)cc2C(N)=NO)C(C)CO1. The number of amidine groups is 1. The molecule has 0 radical (unpaired) electrons. The van der Waals surface area contributed by atoms with E-state index in [1.165, 1.54) is 12.1 Å². The molecule has 2 rings (SSSR count).